The van der Waals surface area contributed by atoms with Crippen molar-refractivity contribution in [2.45, 2.75) is 25.9 Å². The van der Waals surface area contributed by atoms with E-state index in [4.69, 9.17) is 4.74 Å². The summed E-state index contributed by atoms with van der Waals surface area (Å²) in [6.45, 7) is 5.53. The van der Waals surface area contributed by atoms with Crippen molar-refractivity contribution in [1.29, 1.82) is 0 Å². The number of nitrogens with one attached hydrogen (secondary N) is 2. The SMILES string of the molecule is CCOC(=O)c1[nH]c(C)c(C(=O)CSc2n[nH]c(-c3ccccc3Br)n2)c1C. The molecule has 0 unspecified atom stereocenters. The number of hydrogen-bond donors (Lipinski definition) is 2. The molecule has 0 saturated carbocycles. The van der Waals surface area contributed by atoms with Crippen LogP contribution in [0.4, 0.5) is 0 Å². The van der Waals surface area contributed by atoms with Gasteiger partial charge in [0.2, 0.25) is 5.16 Å². The summed E-state index contributed by atoms with van der Waals surface area (Å²) in [6.07, 6.45) is 0. The molecule has 0 aliphatic heterocycles. The van der Waals surface area contributed by atoms with Crippen LogP contribution in [0.2, 0.25) is 0 Å². The van der Waals surface area contributed by atoms with Gasteiger partial charge < -0.3 is 9.72 Å². The molecule has 0 fully saturated rings. The summed E-state index contributed by atoms with van der Waals surface area (Å²) < 4.78 is 5.93. The fraction of sp³-hybridized carbons (Fsp3) is 0.263. The van der Waals surface area contributed by atoms with Crippen LogP contribution in [0.15, 0.2) is 33.9 Å². The molecule has 7 nitrogen and oxygen atoms in total. The Morgan fingerprint density at radius 3 is 2.71 bits per heavy atom. The zero-order chi connectivity index (χ0) is 20.3. The van der Waals surface area contributed by atoms with Crippen LogP contribution >= 0.6 is 27.7 Å². The Hall–Kier alpha value is -2.39. The van der Waals surface area contributed by atoms with Crippen molar-refractivity contribution in [1.82, 2.24) is 20.2 Å². The minimum Gasteiger partial charge on any atom is -0.461 e. The highest BCUT2D eigenvalue weighted by Crippen LogP contribution is 2.27. The molecule has 0 aliphatic rings. The topological polar surface area (TPSA) is 101 Å². The minimum atomic E-state index is -0.457. The van der Waals surface area contributed by atoms with Crippen LogP contribution < -0.4 is 0 Å². The number of carbonyl (C=O) groups excluding carboxylic acids is 2. The summed E-state index contributed by atoms with van der Waals surface area (Å²) in [6, 6.07) is 7.68. The Kier molecular flexibility index (Phi) is 6.35. The first-order chi connectivity index (χ1) is 13.4. The van der Waals surface area contributed by atoms with E-state index in [0.717, 1.165) is 10.0 Å². The number of H-pyrrole nitrogens is 2. The van der Waals surface area contributed by atoms with Gasteiger partial charge in [0, 0.05) is 21.3 Å². The summed E-state index contributed by atoms with van der Waals surface area (Å²) in [5.74, 6) is 0.233. The van der Waals surface area contributed by atoms with Gasteiger partial charge in [-0.15, -0.1) is 5.10 Å². The van der Waals surface area contributed by atoms with Crippen molar-refractivity contribution in [2.75, 3.05) is 12.4 Å². The molecular weight excluding hydrogens is 444 g/mol. The number of ketones is 1. The van der Waals surface area contributed by atoms with Gasteiger partial charge in [-0.2, -0.15) is 0 Å². The summed E-state index contributed by atoms with van der Waals surface area (Å²) in [4.78, 5) is 32.1. The van der Waals surface area contributed by atoms with E-state index in [1.807, 2.05) is 24.3 Å². The van der Waals surface area contributed by atoms with Gasteiger partial charge in [0.15, 0.2) is 11.6 Å². The van der Waals surface area contributed by atoms with Gasteiger partial charge in [-0.05, 0) is 32.4 Å². The van der Waals surface area contributed by atoms with Gasteiger partial charge in [0.1, 0.15) is 5.69 Å². The molecule has 0 spiro atoms. The second-order valence-electron chi connectivity index (χ2n) is 6.00. The van der Waals surface area contributed by atoms with Gasteiger partial charge in [-0.25, -0.2) is 9.78 Å². The monoisotopic (exact) mass is 462 g/mol. The van der Waals surface area contributed by atoms with Crippen LogP contribution in [0.5, 0.6) is 0 Å². The molecule has 28 heavy (non-hydrogen) atoms. The number of halogens is 1. The largest absolute Gasteiger partial charge is 0.461 e. The van der Waals surface area contributed by atoms with Gasteiger partial charge in [-0.1, -0.05) is 45.9 Å². The average molecular weight is 463 g/mol. The molecule has 2 aromatic heterocycles. The number of hydrogen-bond acceptors (Lipinski definition) is 6. The van der Waals surface area contributed by atoms with E-state index >= 15 is 0 Å². The lowest BCUT2D eigenvalue weighted by Crippen LogP contribution is -2.08. The van der Waals surface area contributed by atoms with Gasteiger partial charge in [0.25, 0.3) is 0 Å². The Morgan fingerprint density at radius 2 is 2.00 bits per heavy atom. The molecule has 0 bridgehead atoms. The third-order valence-electron chi connectivity index (χ3n) is 4.12. The summed E-state index contributed by atoms with van der Waals surface area (Å²) in [5.41, 5.74) is 2.98. The fourth-order valence-corrected chi connectivity index (χ4v) is 4.01. The van der Waals surface area contributed by atoms with E-state index in [1.54, 1.807) is 20.8 Å². The Labute approximate surface area is 174 Å². The summed E-state index contributed by atoms with van der Waals surface area (Å²) in [7, 11) is 0. The molecule has 2 N–H and O–H groups in total. The fourth-order valence-electron chi connectivity index (χ4n) is 2.86. The van der Waals surface area contributed by atoms with E-state index in [9.17, 15) is 9.59 Å². The standard InChI is InChI=1S/C19H19BrN4O3S/c1-4-27-18(26)16-10(2)15(11(3)21-16)14(25)9-28-19-22-17(23-24-19)12-7-5-6-8-13(12)20/h5-8,21H,4,9H2,1-3H3,(H,22,23,24). The smallest absolute Gasteiger partial charge is 0.355 e. The van der Waals surface area contributed by atoms with Gasteiger partial charge in [-0.3, -0.25) is 9.89 Å². The zero-order valence-corrected chi connectivity index (χ0v) is 18.0. The van der Waals surface area contributed by atoms with Crippen molar-refractivity contribution in [2.24, 2.45) is 0 Å². The highest BCUT2D eigenvalue weighted by atomic mass is 79.9. The molecule has 0 atom stereocenters. The molecule has 146 valence electrons. The van der Waals surface area contributed by atoms with Crippen molar-refractivity contribution >= 4 is 39.4 Å². The maximum Gasteiger partial charge on any atom is 0.355 e. The van der Waals surface area contributed by atoms with Crippen LogP contribution in [0.25, 0.3) is 11.4 Å². The van der Waals surface area contributed by atoms with E-state index < -0.39 is 5.97 Å². The Bertz CT molecular complexity index is 1030. The molecule has 0 aliphatic carbocycles. The Balaban J connectivity index is 1.72. The number of thioether (sulfide) groups is 1. The van der Waals surface area contributed by atoms with Crippen LogP contribution in [0.1, 0.15) is 39.0 Å². The number of ether oxygens (including phenoxy) is 1. The average Bonchev–Trinajstić information content (AvgIpc) is 3.25. The molecule has 2 heterocycles. The predicted octanol–water partition coefficient (Wildman–Crippen LogP) is 4.33. The molecule has 3 aromatic rings. The summed E-state index contributed by atoms with van der Waals surface area (Å²) >= 11 is 4.73. The van der Waals surface area contributed by atoms with Crippen molar-refractivity contribution in [3.05, 3.63) is 51.3 Å². The molecule has 3 rings (SSSR count). The number of benzene rings is 1. The number of Topliss-reactive ketones (excluding diaryl/α,β-unsaturated/α-hetero) is 1. The highest BCUT2D eigenvalue weighted by Gasteiger charge is 2.23. The first kappa shape index (κ1) is 20.3. The van der Waals surface area contributed by atoms with Crippen molar-refractivity contribution in [3.63, 3.8) is 0 Å². The predicted molar refractivity (Wildman–Crippen MR) is 111 cm³/mol. The third kappa shape index (κ3) is 4.20. The van der Waals surface area contributed by atoms with Crippen molar-refractivity contribution < 1.29 is 14.3 Å². The number of nitrogens with zero attached hydrogens (tertiary/aromatic N) is 2. The number of carbonyl (C=O) groups is 2. The second kappa shape index (κ2) is 8.74. The molecule has 0 amide bonds. The molecular formula is C19H19BrN4O3S. The van der Waals surface area contributed by atoms with E-state index in [2.05, 4.69) is 36.1 Å². The van der Waals surface area contributed by atoms with E-state index in [0.29, 0.717) is 33.5 Å². The maximum absolute atomic E-state index is 12.7. The lowest BCUT2D eigenvalue weighted by Gasteiger charge is -2.02. The van der Waals surface area contributed by atoms with Gasteiger partial charge in [0.05, 0.1) is 12.4 Å². The number of aryl methyl sites for hydroxylation is 1. The molecule has 9 heteroatoms. The van der Waals surface area contributed by atoms with E-state index in [-0.39, 0.29) is 18.1 Å². The van der Waals surface area contributed by atoms with Crippen LogP contribution in [0.3, 0.4) is 0 Å². The van der Waals surface area contributed by atoms with Crippen LogP contribution in [-0.2, 0) is 4.74 Å². The quantitative estimate of drug-likeness (QED) is 0.307. The Morgan fingerprint density at radius 1 is 1.25 bits per heavy atom. The zero-order valence-electron chi connectivity index (χ0n) is 15.6. The van der Waals surface area contributed by atoms with Crippen LogP contribution in [0, 0.1) is 13.8 Å². The lowest BCUT2D eigenvalue weighted by molar-refractivity contribution is 0.0519. The second-order valence-corrected chi connectivity index (χ2v) is 7.80. The molecule has 1 aromatic carbocycles. The van der Waals surface area contributed by atoms with Crippen LogP contribution in [-0.4, -0.2) is 44.3 Å². The maximum atomic E-state index is 12.7. The lowest BCUT2D eigenvalue weighted by atomic mass is 10.1. The third-order valence-corrected chi connectivity index (χ3v) is 5.66. The summed E-state index contributed by atoms with van der Waals surface area (Å²) in [5, 5.41) is 7.55. The number of aromatic amines is 2. The first-order valence-corrected chi connectivity index (χ1v) is 10.4. The highest BCUT2D eigenvalue weighted by molar-refractivity contribution is 9.10. The first-order valence-electron chi connectivity index (χ1n) is 8.62. The normalized spacial score (nSPS) is 10.9. The van der Waals surface area contributed by atoms with Gasteiger partial charge >= 0.3 is 5.97 Å². The van der Waals surface area contributed by atoms with Crippen molar-refractivity contribution in [3.8, 4) is 11.4 Å². The minimum absolute atomic E-state index is 0.0981. The molecule has 0 radical (unpaired) electrons. The molecule has 0 saturated heterocycles. The number of esters is 1. The number of rotatable bonds is 7. The number of aromatic nitrogens is 4. The van der Waals surface area contributed by atoms with E-state index in [1.165, 1.54) is 11.8 Å².